The molecule has 0 spiro atoms. The second-order valence-electron chi connectivity index (χ2n) is 6.42. The lowest BCUT2D eigenvalue weighted by atomic mass is 9.85. The third kappa shape index (κ3) is 2.61. The Balaban J connectivity index is 1.40. The van der Waals surface area contributed by atoms with Crippen LogP contribution in [0.1, 0.15) is 5.56 Å². The molecule has 25 heavy (non-hydrogen) atoms. The van der Waals surface area contributed by atoms with Crippen molar-refractivity contribution in [3.05, 3.63) is 42.0 Å². The van der Waals surface area contributed by atoms with E-state index in [1.54, 1.807) is 24.3 Å². The van der Waals surface area contributed by atoms with Crippen LogP contribution in [0.25, 0.3) is 0 Å². The van der Waals surface area contributed by atoms with Gasteiger partial charge in [0.05, 0.1) is 42.1 Å². The summed E-state index contributed by atoms with van der Waals surface area (Å²) < 4.78 is 34.8. The highest BCUT2D eigenvalue weighted by Crippen LogP contribution is 2.44. The number of nitrogens with zero attached hydrogens (tertiary/aromatic N) is 1. The molecule has 3 aliphatic heterocycles. The summed E-state index contributed by atoms with van der Waals surface area (Å²) in [6.07, 6.45) is 2.90. The smallest absolute Gasteiger partial charge is 0.297 e. The summed E-state index contributed by atoms with van der Waals surface area (Å²) in [4.78, 5) is 26.0. The van der Waals surface area contributed by atoms with Crippen molar-refractivity contribution in [1.82, 2.24) is 4.90 Å². The van der Waals surface area contributed by atoms with Gasteiger partial charge >= 0.3 is 0 Å². The Morgan fingerprint density at radius 3 is 2.16 bits per heavy atom. The maximum absolute atomic E-state index is 12.4. The second kappa shape index (κ2) is 5.76. The quantitative estimate of drug-likeness (QED) is 0.433. The molecule has 3 aliphatic rings. The van der Waals surface area contributed by atoms with Gasteiger partial charge in [0.15, 0.2) is 0 Å². The van der Waals surface area contributed by atoms with Crippen molar-refractivity contribution in [3.8, 4) is 0 Å². The van der Waals surface area contributed by atoms with E-state index in [-0.39, 0.29) is 42.1 Å². The Morgan fingerprint density at radius 1 is 1.04 bits per heavy atom. The van der Waals surface area contributed by atoms with Gasteiger partial charge in [0.25, 0.3) is 10.1 Å². The van der Waals surface area contributed by atoms with Crippen molar-refractivity contribution in [1.29, 1.82) is 0 Å². The number of carbonyl (C=O) groups excluding carboxylic acids is 2. The van der Waals surface area contributed by atoms with Gasteiger partial charge in [0.1, 0.15) is 0 Å². The fourth-order valence-corrected chi connectivity index (χ4v) is 4.50. The van der Waals surface area contributed by atoms with Crippen LogP contribution in [0.2, 0.25) is 0 Å². The van der Waals surface area contributed by atoms with Crippen LogP contribution in [-0.4, -0.2) is 50.5 Å². The number of benzene rings is 1. The van der Waals surface area contributed by atoms with Crippen LogP contribution in [-0.2, 0) is 28.6 Å². The van der Waals surface area contributed by atoms with Crippen molar-refractivity contribution >= 4 is 21.9 Å². The van der Waals surface area contributed by atoms with Gasteiger partial charge in [0.2, 0.25) is 11.8 Å². The molecule has 3 heterocycles. The number of hydrogen-bond donors (Lipinski definition) is 0. The highest BCUT2D eigenvalue weighted by atomic mass is 32.2. The largest absolute Gasteiger partial charge is 0.365 e. The summed E-state index contributed by atoms with van der Waals surface area (Å²) in [5.41, 5.74) is 0.934. The molecule has 4 atom stereocenters. The summed E-state index contributed by atoms with van der Waals surface area (Å²) in [6.45, 7) is 1.50. The standard InChI is InChI=1S/C17H17NO6S/c1-10-2-4-11(5-3-10)25(21,22)23-9-8-18-16(19)14-12-6-7-13(24-12)15(14)17(18)20/h2-7,12-15H,8-9H2,1H3. The summed E-state index contributed by atoms with van der Waals surface area (Å²) in [5.74, 6) is -1.61. The first kappa shape index (κ1) is 16.4. The molecule has 0 radical (unpaired) electrons. The van der Waals surface area contributed by atoms with Crippen molar-refractivity contribution < 1.29 is 26.9 Å². The molecule has 2 fully saturated rings. The summed E-state index contributed by atoms with van der Waals surface area (Å²) in [5, 5.41) is 0. The number of ether oxygens (including phenoxy) is 1. The van der Waals surface area contributed by atoms with E-state index >= 15 is 0 Å². The van der Waals surface area contributed by atoms with Gasteiger partial charge in [-0.05, 0) is 19.1 Å². The van der Waals surface area contributed by atoms with Crippen LogP contribution < -0.4 is 0 Å². The fraction of sp³-hybridized carbons (Fsp3) is 0.412. The van der Waals surface area contributed by atoms with Crippen LogP contribution >= 0.6 is 0 Å². The molecule has 0 saturated carbocycles. The Bertz CT molecular complexity index is 830. The van der Waals surface area contributed by atoms with Crippen molar-refractivity contribution in [2.45, 2.75) is 24.0 Å². The van der Waals surface area contributed by atoms with E-state index in [0.717, 1.165) is 10.5 Å². The number of hydrogen-bond acceptors (Lipinski definition) is 6. The molecule has 2 saturated heterocycles. The molecule has 1 aromatic rings. The van der Waals surface area contributed by atoms with Gasteiger partial charge < -0.3 is 4.74 Å². The third-order valence-electron chi connectivity index (χ3n) is 4.86. The predicted molar refractivity (Wildman–Crippen MR) is 85.8 cm³/mol. The molecule has 132 valence electrons. The zero-order valence-corrected chi connectivity index (χ0v) is 14.3. The SMILES string of the molecule is Cc1ccc(S(=O)(=O)OCCN2C(=O)C3C4C=CC(O4)C3C2=O)cc1. The average molecular weight is 363 g/mol. The molecule has 1 aromatic carbocycles. The highest BCUT2D eigenvalue weighted by molar-refractivity contribution is 7.86. The Labute approximate surface area is 145 Å². The molecule has 2 bridgehead atoms. The lowest BCUT2D eigenvalue weighted by Crippen LogP contribution is -2.37. The van der Waals surface area contributed by atoms with Crippen molar-refractivity contribution in [2.75, 3.05) is 13.2 Å². The third-order valence-corrected chi connectivity index (χ3v) is 6.19. The molecule has 0 aromatic heterocycles. The van der Waals surface area contributed by atoms with Crippen LogP contribution in [0, 0.1) is 18.8 Å². The Hall–Kier alpha value is -2.03. The zero-order valence-electron chi connectivity index (χ0n) is 13.5. The first-order valence-electron chi connectivity index (χ1n) is 8.03. The lowest BCUT2D eigenvalue weighted by molar-refractivity contribution is -0.142. The van der Waals surface area contributed by atoms with Gasteiger partial charge in [-0.2, -0.15) is 8.42 Å². The molecule has 8 heteroatoms. The number of imide groups is 1. The van der Waals surface area contributed by atoms with Crippen LogP contribution in [0.4, 0.5) is 0 Å². The van der Waals surface area contributed by atoms with Gasteiger partial charge in [-0.3, -0.25) is 18.7 Å². The minimum Gasteiger partial charge on any atom is -0.365 e. The van der Waals surface area contributed by atoms with E-state index in [2.05, 4.69) is 0 Å². The average Bonchev–Trinajstić information content (AvgIpc) is 3.24. The monoisotopic (exact) mass is 363 g/mol. The maximum atomic E-state index is 12.4. The number of aryl methyl sites for hydroxylation is 1. The predicted octanol–water partition coefficient (Wildman–Crippen LogP) is 0.639. The van der Waals surface area contributed by atoms with Gasteiger partial charge in [-0.1, -0.05) is 29.8 Å². The van der Waals surface area contributed by atoms with Gasteiger partial charge in [-0.15, -0.1) is 0 Å². The van der Waals surface area contributed by atoms with Gasteiger partial charge in [0, 0.05) is 0 Å². The normalized spacial score (nSPS) is 30.4. The molecule has 2 amide bonds. The maximum Gasteiger partial charge on any atom is 0.297 e. The molecular weight excluding hydrogens is 346 g/mol. The summed E-state index contributed by atoms with van der Waals surface area (Å²) >= 11 is 0. The molecule has 0 aliphatic carbocycles. The Kier molecular flexibility index (Phi) is 3.78. The van der Waals surface area contributed by atoms with Crippen LogP contribution in [0.3, 0.4) is 0 Å². The van der Waals surface area contributed by atoms with E-state index in [9.17, 15) is 18.0 Å². The number of carbonyl (C=O) groups is 2. The summed E-state index contributed by atoms with van der Waals surface area (Å²) in [6, 6.07) is 6.27. The lowest BCUT2D eigenvalue weighted by Gasteiger charge is -2.17. The topological polar surface area (TPSA) is 90.0 Å². The Morgan fingerprint density at radius 2 is 1.60 bits per heavy atom. The van der Waals surface area contributed by atoms with E-state index in [1.807, 2.05) is 6.92 Å². The van der Waals surface area contributed by atoms with E-state index < -0.39 is 22.0 Å². The molecule has 7 nitrogen and oxygen atoms in total. The first-order valence-corrected chi connectivity index (χ1v) is 9.44. The summed E-state index contributed by atoms with van der Waals surface area (Å²) in [7, 11) is -3.92. The van der Waals surface area contributed by atoms with Crippen LogP contribution in [0.5, 0.6) is 0 Å². The highest BCUT2D eigenvalue weighted by Gasteiger charge is 2.60. The van der Waals surface area contributed by atoms with Crippen molar-refractivity contribution in [2.24, 2.45) is 11.8 Å². The first-order chi connectivity index (χ1) is 11.9. The fourth-order valence-electron chi connectivity index (χ4n) is 3.60. The van der Waals surface area contributed by atoms with Crippen molar-refractivity contribution in [3.63, 3.8) is 0 Å². The minimum absolute atomic E-state index is 0.0460. The number of likely N-dealkylation sites (tertiary alicyclic amines) is 1. The molecular formula is C17H17NO6S. The minimum atomic E-state index is -3.92. The second-order valence-corrected chi connectivity index (χ2v) is 8.03. The molecule has 4 rings (SSSR count). The van der Waals surface area contributed by atoms with E-state index in [0.29, 0.717) is 0 Å². The number of fused-ring (bicyclic) bond motifs is 5. The van der Waals surface area contributed by atoms with E-state index in [1.165, 1.54) is 12.1 Å². The number of amides is 2. The number of rotatable bonds is 5. The van der Waals surface area contributed by atoms with Crippen LogP contribution in [0.15, 0.2) is 41.3 Å². The molecule has 4 unspecified atom stereocenters. The zero-order chi connectivity index (χ0) is 17.8. The molecule has 0 N–H and O–H groups in total. The van der Waals surface area contributed by atoms with Gasteiger partial charge in [-0.25, -0.2) is 0 Å². The van der Waals surface area contributed by atoms with E-state index in [4.69, 9.17) is 8.92 Å².